The van der Waals surface area contributed by atoms with Crippen LogP contribution in [0.1, 0.15) is 30.0 Å². The Kier molecular flexibility index (Phi) is 4.25. The van der Waals surface area contributed by atoms with Gasteiger partial charge in [0.2, 0.25) is 0 Å². The van der Waals surface area contributed by atoms with Crippen molar-refractivity contribution in [2.75, 3.05) is 6.54 Å². The highest BCUT2D eigenvalue weighted by atomic mass is 16.4. The molecule has 1 amide bonds. The van der Waals surface area contributed by atoms with Crippen molar-refractivity contribution in [3.05, 3.63) is 29.6 Å². The van der Waals surface area contributed by atoms with Gasteiger partial charge in [-0.25, -0.2) is 4.98 Å². The molecule has 0 fully saturated rings. The van der Waals surface area contributed by atoms with Crippen LogP contribution >= 0.6 is 0 Å². The van der Waals surface area contributed by atoms with E-state index in [0.29, 0.717) is 5.69 Å². The van der Waals surface area contributed by atoms with Gasteiger partial charge in [-0.3, -0.25) is 4.79 Å². The van der Waals surface area contributed by atoms with E-state index in [2.05, 4.69) is 15.5 Å². The Balaban J connectivity index is 2.67. The average molecular weight is 250 g/mol. The molecule has 1 heterocycles. The molecule has 0 spiro atoms. The van der Waals surface area contributed by atoms with Crippen LogP contribution in [0.4, 0.5) is 0 Å². The Morgan fingerprint density at radius 3 is 2.78 bits per heavy atom. The Morgan fingerprint density at radius 1 is 1.56 bits per heavy atom. The van der Waals surface area contributed by atoms with Gasteiger partial charge in [0.1, 0.15) is 11.5 Å². The molecule has 1 aromatic heterocycles. The van der Waals surface area contributed by atoms with E-state index >= 15 is 0 Å². The summed E-state index contributed by atoms with van der Waals surface area (Å²) in [6.45, 7) is 5.62. The summed E-state index contributed by atoms with van der Waals surface area (Å²) < 4.78 is 0. The van der Waals surface area contributed by atoms with Crippen molar-refractivity contribution in [1.82, 2.24) is 10.3 Å². The zero-order valence-corrected chi connectivity index (χ0v) is 10.8. The lowest BCUT2D eigenvalue weighted by Gasteiger charge is -2.22. The van der Waals surface area contributed by atoms with E-state index in [-0.39, 0.29) is 18.3 Å². The fraction of sp³-hybridized carbons (Fsp3) is 0.417. The number of nitrogens with one attached hydrogen (secondary N) is 1. The van der Waals surface area contributed by atoms with Crippen molar-refractivity contribution in [1.29, 1.82) is 0 Å². The van der Waals surface area contributed by atoms with Crippen molar-refractivity contribution in [3.63, 3.8) is 0 Å². The number of amides is 1. The number of rotatable bonds is 4. The molecule has 4 N–H and O–H groups in total. The first-order valence-electron chi connectivity index (χ1n) is 5.56. The van der Waals surface area contributed by atoms with Crippen molar-refractivity contribution < 1.29 is 10.0 Å². The lowest BCUT2D eigenvalue weighted by Crippen LogP contribution is -2.42. The second-order valence-corrected chi connectivity index (χ2v) is 4.72. The minimum absolute atomic E-state index is 0.0694. The standard InChI is InChI=1S/C12H18N4O2/c1-8-5-4-6-9(15-8)10(17)14-7-12(2,3)11(13)16-18/h4-6,18H,7H2,1-3H3,(H2,13,16)(H,14,17). The van der Waals surface area contributed by atoms with Crippen molar-refractivity contribution in [2.45, 2.75) is 20.8 Å². The molecule has 0 atom stereocenters. The van der Waals surface area contributed by atoms with E-state index in [4.69, 9.17) is 10.9 Å². The number of carbonyl (C=O) groups excluding carboxylic acids is 1. The minimum atomic E-state index is -0.617. The first-order valence-corrected chi connectivity index (χ1v) is 5.56. The molecule has 0 aliphatic heterocycles. The molecule has 6 nitrogen and oxygen atoms in total. The highest BCUT2D eigenvalue weighted by Crippen LogP contribution is 2.13. The molecule has 0 aliphatic rings. The average Bonchev–Trinajstić information content (AvgIpc) is 2.35. The van der Waals surface area contributed by atoms with Gasteiger partial charge in [-0.05, 0) is 19.1 Å². The number of amidine groups is 1. The Hall–Kier alpha value is -2.11. The van der Waals surface area contributed by atoms with Crippen molar-refractivity contribution >= 4 is 11.7 Å². The first-order chi connectivity index (χ1) is 8.36. The maximum atomic E-state index is 11.8. The van der Waals surface area contributed by atoms with E-state index in [1.807, 2.05) is 13.0 Å². The minimum Gasteiger partial charge on any atom is -0.409 e. The zero-order chi connectivity index (χ0) is 13.8. The van der Waals surface area contributed by atoms with Crippen LogP contribution in [0.25, 0.3) is 0 Å². The van der Waals surface area contributed by atoms with Gasteiger partial charge >= 0.3 is 0 Å². The molecule has 0 radical (unpaired) electrons. The van der Waals surface area contributed by atoms with E-state index in [1.54, 1.807) is 26.0 Å². The number of nitrogens with zero attached hydrogens (tertiary/aromatic N) is 2. The van der Waals surface area contributed by atoms with Crippen LogP contribution < -0.4 is 11.1 Å². The molecular formula is C12H18N4O2. The first kappa shape index (κ1) is 14.0. The molecule has 18 heavy (non-hydrogen) atoms. The molecule has 0 saturated carbocycles. The fourth-order valence-corrected chi connectivity index (χ4v) is 1.29. The normalized spacial score (nSPS) is 12.3. The predicted octanol–water partition coefficient (Wildman–Crippen LogP) is 0.892. The van der Waals surface area contributed by atoms with E-state index in [0.717, 1.165) is 5.69 Å². The van der Waals surface area contributed by atoms with Crippen LogP contribution in [-0.2, 0) is 0 Å². The maximum absolute atomic E-state index is 11.8. The zero-order valence-electron chi connectivity index (χ0n) is 10.8. The quantitative estimate of drug-likeness (QED) is 0.320. The molecule has 0 aromatic carbocycles. The third-order valence-electron chi connectivity index (χ3n) is 2.61. The third kappa shape index (κ3) is 3.44. The van der Waals surface area contributed by atoms with Gasteiger partial charge in [0.15, 0.2) is 0 Å². The number of hydrogen-bond donors (Lipinski definition) is 3. The van der Waals surface area contributed by atoms with Crippen molar-refractivity contribution in [2.24, 2.45) is 16.3 Å². The van der Waals surface area contributed by atoms with Gasteiger partial charge in [-0.2, -0.15) is 0 Å². The number of nitrogens with two attached hydrogens (primary N) is 1. The number of hydrogen-bond acceptors (Lipinski definition) is 4. The summed E-state index contributed by atoms with van der Waals surface area (Å²) in [5.41, 5.74) is 6.04. The van der Waals surface area contributed by atoms with Crippen LogP contribution in [0.2, 0.25) is 0 Å². The summed E-state index contributed by atoms with van der Waals surface area (Å²) in [5, 5.41) is 14.3. The van der Waals surface area contributed by atoms with Gasteiger partial charge < -0.3 is 16.3 Å². The molecule has 0 unspecified atom stereocenters. The topological polar surface area (TPSA) is 101 Å². The Bertz CT molecular complexity index is 469. The molecule has 0 bridgehead atoms. The fourth-order valence-electron chi connectivity index (χ4n) is 1.29. The third-order valence-corrected chi connectivity index (χ3v) is 2.61. The highest BCUT2D eigenvalue weighted by molar-refractivity contribution is 5.93. The predicted molar refractivity (Wildman–Crippen MR) is 68.5 cm³/mol. The SMILES string of the molecule is Cc1cccc(C(=O)NCC(C)(C)/C(N)=N/O)n1. The second kappa shape index (κ2) is 5.48. The van der Waals surface area contributed by atoms with Crippen LogP contribution in [0.15, 0.2) is 23.4 Å². The van der Waals surface area contributed by atoms with Gasteiger partial charge in [0.05, 0.1) is 0 Å². The molecule has 1 aromatic rings. The number of aromatic nitrogens is 1. The lowest BCUT2D eigenvalue weighted by molar-refractivity contribution is 0.0939. The number of aryl methyl sites for hydroxylation is 1. The number of oxime groups is 1. The Labute approximate surface area is 106 Å². The van der Waals surface area contributed by atoms with Crippen LogP contribution in [0, 0.1) is 12.3 Å². The summed E-state index contributed by atoms with van der Waals surface area (Å²) in [4.78, 5) is 16.0. The van der Waals surface area contributed by atoms with E-state index < -0.39 is 5.41 Å². The van der Waals surface area contributed by atoms with Gasteiger partial charge in [-0.1, -0.05) is 25.1 Å². The molecule has 98 valence electrons. The van der Waals surface area contributed by atoms with Gasteiger partial charge in [-0.15, -0.1) is 0 Å². The summed E-state index contributed by atoms with van der Waals surface area (Å²) in [7, 11) is 0. The van der Waals surface area contributed by atoms with Crippen LogP contribution in [0.5, 0.6) is 0 Å². The number of carbonyl (C=O) groups is 1. The van der Waals surface area contributed by atoms with E-state index in [1.165, 1.54) is 0 Å². The summed E-state index contributed by atoms with van der Waals surface area (Å²) in [6, 6.07) is 5.22. The van der Waals surface area contributed by atoms with Crippen LogP contribution in [0.3, 0.4) is 0 Å². The van der Waals surface area contributed by atoms with Gasteiger partial charge in [0.25, 0.3) is 5.91 Å². The maximum Gasteiger partial charge on any atom is 0.269 e. The number of pyridine rings is 1. The summed E-state index contributed by atoms with van der Waals surface area (Å²) >= 11 is 0. The van der Waals surface area contributed by atoms with E-state index in [9.17, 15) is 4.79 Å². The smallest absolute Gasteiger partial charge is 0.269 e. The summed E-state index contributed by atoms with van der Waals surface area (Å²) in [6.07, 6.45) is 0. The molecule has 1 rings (SSSR count). The lowest BCUT2D eigenvalue weighted by atomic mass is 9.92. The molecule has 0 saturated heterocycles. The monoisotopic (exact) mass is 250 g/mol. The largest absolute Gasteiger partial charge is 0.409 e. The highest BCUT2D eigenvalue weighted by Gasteiger charge is 2.24. The molecule has 6 heteroatoms. The Morgan fingerprint density at radius 2 is 2.22 bits per heavy atom. The summed E-state index contributed by atoms with van der Waals surface area (Å²) in [5.74, 6) is -0.211. The van der Waals surface area contributed by atoms with Crippen molar-refractivity contribution in [3.8, 4) is 0 Å². The molecule has 0 aliphatic carbocycles. The second-order valence-electron chi connectivity index (χ2n) is 4.72. The van der Waals surface area contributed by atoms with Crippen LogP contribution in [-0.4, -0.2) is 28.5 Å². The van der Waals surface area contributed by atoms with Gasteiger partial charge in [0, 0.05) is 17.7 Å². The molecular weight excluding hydrogens is 232 g/mol.